The summed E-state index contributed by atoms with van der Waals surface area (Å²) in [6.07, 6.45) is 6.66. The number of ether oxygens (including phenoxy) is 2. The van der Waals surface area contributed by atoms with E-state index in [-0.39, 0.29) is 23.8 Å². The largest absolute Gasteiger partial charge is 0.490 e. The average molecular weight is 350 g/mol. The highest BCUT2D eigenvalue weighted by molar-refractivity contribution is 5.81. The van der Waals surface area contributed by atoms with E-state index in [0.29, 0.717) is 25.9 Å². The number of fused-ring (bicyclic) bond motifs is 4. The van der Waals surface area contributed by atoms with Crippen LogP contribution in [0.3, 0.4) is 0 Å². The van der Waals surface area contributed by atoms with Crippen LogP contribution in [0.2, 0.25) is 0 Å². The number of amidine groups is 1. The lowest BCUT2D eigenvalue weighted by Gasteiger charge is -2.45. The fourth-order valence-electron chi connectivity index (χ4n) is 4.34. The van der Waals surface area contributed by atoms with Crippen molar-refractivity contribution in [2.24, 2.45) is 16.6 Å². The predicted molar refractivity (Wildman–Crippen MR) is 93.5 cm³/mol. The molecule has 132 valence electrons. The number of ketones is 1. The number of aliphatic imine (C=N–C) groups is 1. The van der Waals surface area contributed by atoms with Gasteiger partial charge in [-0.2, -0.15) is 0 Å². The second-order valence-electron chi connectivity index (χ2n) is 7.05. The maximum absolute atomic E-state index is 12.1. The summed E-state index contributed by atoms with van der Waals surface area (Å²) in [5.74, 6) is 0.953. The number of nitrogens with two attached hydrogens (primary N) is 1. The zero-order chi connectivity index (χ0) is 17.7. The Bertz CT molecular complexity index is 914. The third-order valence-electron chi connectivity index (χ3n) is 5.59. The maximum Gasteiger partial charge on any atom is 0.283 e. The molecule has 0 amide bonds. The molecule has 1 spiro atoms. The van der Waals surface area contributed by atoms with Gasteiger partial charge in [0.2, 0.25) is 0 Å². The van der Waals surface area contributed by atoms with E-state index < -0.39 is 5.54 Å². The highest BCUT2D eigenvalue weighted by Gasteiger charge is 2.55. The second kappa shape index (κ2) is 5.52. The molecule has 1 unspecified atom stereocenters. The van der Waals surface area contributed by atoms with E-state index in [1.807, 2.05) is 18.2 Å². The van der Waals surface area contributed by atoms with Crippen LogP contribution in [0, 0.1) is 5.92 Å². The van der Waals surface area contributed by atoms with Gasteiger partial charge in [0.05, 0.1) is 0 Å². The SMILES string of the molecule is NC1=NC2(CO1)c1cc(-c3cncnc3)ccc1O[C@H]1CCC(=O)C[C@@H]12. The molecule has 0 bridgehead atoms. The number of carbonyl (C=O) groups excluding carboxylic acids is 1. The van der Waals surface area contributed by atoms with Crippen LogP contribution in [0.1, 0.15) is 24.8 Å². The third kappa shape index (κ3) is 2.20. The summed E-state index contributed by atoms with van der Waals surface area (Å²) in [5, 5.41) is 0. The monoisotopic (exact) mass is 350 g/mol. The number of rotatable bonds is 1. The molecule has 0 saturated heterocycles. The second-order valence-corrected chi connectivity index (χ2v) is 7.05. The molecule has 1 aromatic carbocycles. The smallest absolute Gasteiger partial charge is 0.283 e. The van der Waals surface area contributed by atoms with Crippen LogP contribution in [0.25, 0.3) is 11.1 Å². The molecular weight excluding hydrogens is 332 g/mol. The van der Waals surface area contributed by atoms with Gasteiger partial charge < -0.3 is 15.2 Å². The van der Waals surface area contributed by atoms with Crippen molar-refractivity contribution < 1.29 is 14.3 Å². The molecule has 3 aliphatic rings. The van der Waals surface area contributed by atoms with E-state index in [0.717, 1.165) is 22.4 Å². The van der Waals surface area contributed by atoms with E-state index in [2.05, 4.69) is 15.0 Å². The molecule has 1 aliphatic carbocycles. The van der Waals surface area contributed by atoms with Crippen LogP contribution in [-0.2, 0) is 15.1 Å². The third-order valence-corrected chi connectivity index (χ3v) is 5.59. The van der Waals surface area contributed by atoms with Crippen LogP contribution in [0.5, 0.6) is 5.75 Å². The summed E-state index contributed by atoms with van der Waals surface area (Å²) in [5.41, 5.74) is 7.99. The van der Waals surface area contributed by atoms with Gasteiger partial charge in [0.15, 0.2) is 0 Å². The van der Waals surface area contributed by atoms with Crippen molar-refractivity contribution in [1.29, 1.82) is 0 Å². The zero-order valence-corrected chi connectivity index (χ0v) is 14.1. The normalized spacial score (nSPS) is 29.4. The molecule has 3 heterocycles. The Balaban J connectivity index is 1.68. The van der Waals surface area contributed by atoms with E-state index in [4.69, 9.17) is 15.2 Å². The Labute approximate surface area is 150 Å². The van der Waals surface area contributed by atoms with Gasteiger partial charge in [-0.25, -0.2) is 15.0 Å². The lowest BCUT2D eigenvalue weighted by atomic mass is 9.68. The van der Waals surface area contributed by atoms with Gasteiger partial charge in [-0.05, 0) is 24.1 Å². The molecule has 0 radical (unpaired) electrons. The summed E-state index contributed by atoms with van der Waals surface area (Å²) in [6.45, 7) is 0.332. The molecular formula is C19H18N4O3. The van der Waals surface area contributed by atoms with Gasteiger partial charge in [-0.1, -0.05) is 6.07 Å². The molecule has 2 N–H and O–H groups in total. The van der Waals surface area contributed by atoms with Crippen LogP contribution < -0.4 is 10.5 Å². The van der Waals surface area contributed by atoms with Crippen LogP contribution >= 0.6 is 0 Å². The van der Waals surface area contributed by atoms with Gasteiger partial charge in [0, 0.05) is 42.3 Å². The van der Waals surface area contributed by atoms with Crippen molar-refractivity contribution in [3.8, 4) is 16.9 Å². The summed E-state index contributed by atoms with van der Waals surface area (Å²) in [4.78, 5) is 25.0. The topological polar surface area (TPSA) is 99.7 Å². The number of benzene rings is 1. The first kappa shape index (κ1) is 15.3. The van der Waals surface area contributed by atoms with Gasteiger partial charge in [-0.3, -0.25) is 4.79 Å². The molecule has 5 rings (SSSR count). The first-order valence-corrected chi connectivity index (χ1v) is 8.72. The van der Waals surface area contributed by atoms with Crippen LogP contribution in [-0.4, -0.2) is 34.5 Å². The number of aromatic nitrogens is 2. The Morgan fingerprint density at radius 3 is 2.81 bits per heavy atom. The number of Topliss-reactive ketones (excluding diaryl/α,β-unsaturated/α-hetero) is 1. The van der Waals surface area contributed by atoms with Gasteiger partial charge in [0.1, 0.15) is 36.1 Å². The van der Waals surface area contributed by atoms with Crippen LogP contribution in [0.15, 0.2) is 41.9 Å². The highest BCUT2D eigenvalue weighted by atomic mass is 16.5. The van der Waals surface area contributed by atoms with Crippen molar-refractivity contribution in [3.63, 3.8) is 0 Å². The van der Waals surface area contributed by atoms with Gasteiger partial charge >= 0.3 is 0 Å². The minimum absolute atomic E-state index is 0.0515. The lowest BCUT2D eigenvalue weighted by molar-refractivity contribution is -0.126. The standard InChI is InChI=1S/C19H18N4O3/c20-18-23-19(9-25-18)14-5-11(12-7-21-10-22-8-12)1-3-16(14)26-17-4-2-13(24)6-15(17)19/h1,3,5,7-8,10,15,17H,2,4,6,9H2,(H2,20,23)/t15-,17-,19?/m0/s1. The average Bonchev–Trinajstić information content (AvgIpc) is 3.06. The first-order chi connectivity index (χ1) is 12.7. The number of nitrogens with zero attached hydrogens (tertiary/aromatic N) is 3. The number of carbonyl (C=O) groups is 1. The summed E-state index contributed by atoms with van der Waals surface area (Å²) >= 11 is 0. The summed E-state index contributed by atoms with van der Waals surface area (Å²) in [7, 11) is 0. The lowest BCUT2D eigenvalue weighted by Crippen LogP contribution is -2.51. The quantitative estimate of drug-likeness (QED) is 0.842. The van der Waals surface area contributed by atoms with Crippen molar-refractivity contribution >= 4 is 11.8 Å². The molecule has 2 aromatic rings. The number of hydrogen-bond acceptors (Lipinski definition) is 7. The van der Waals surface area contributed by atoms with E-state index in [1.165, 1.54) is 6.33 Å². The van der Waals surface area contributed by atoms with E-state index >= 15 is 0 Å². The molecule has 7 heteroatoms. The Hall–Kier alpha value is -2.96. The van der Waals surface area contributed by atoms with Crippen molar-refractivity contribution in [3.05, 3.63) is 42.5 Å². The predicted octanol–water partition coefficient (Wildman–Crippen LogP) is 1.81. The Morgan fingerprint density at radius 2 is 2.04 bits per heavy atom. The maximum atomic E-state index is 12.1. The molecule has 7 nitrogen and oxygen atoms in total. The fraction of sp³-hybridized carbons (Fsp3) is 0.368. The molecule has 26 heavy (non-hydrogen) atoms. The number of hydrogen-bond donors (Lipinski definition) is 1. The minimum Gasteiger partial charge on any atom is -0.490 e. The minimum atomic E-state index is -0.677. The molecule has 3 atom stereocenters. The van der Waals surface area contributed by atoms with Crippen molar-refractivity contribution in [1.82, 2.24) is 9.97 Å². The molecule has 1 aromatic heterocycles. The van der Waals surface area contributed by atoms with E-state index in [9.17, 15) is 4.79 Å². The highest BCUT2D eigenvalue weighted by Crippen LogP contribution is 2.52. The first-order valence-electron chi connectivity index (χ1n) is 8.72. The van der Waals surface area contributed by atoms with Crippen molar-refractivity contribution in [2.45, 2.75) is 30.9 Å². The Kier molecular flexibility index (Phi) is 3.25. The molecule has 2 aliphatic heterocycles. The summed E-state index contributed by atoms with van der Waals surface area (Å²) in [6, 6.07) is 6.15. The van der Waals surface area contributed by atoms with Gasteiger partial charge in [0.25, 0.3) is 6.02 Å². The zero-order valence-electron chi connectivity index (χ0n) is 14.1. The van der Waals surface area contributed by atoms with E-state index in [1.54, 1.807) is 12.4 Å². The summed E-state index contributed by atoms with van der Waals surface area (Å²) < 4.78 is 11.8. The van der Waals surface area contributed by atoms with Gasteiger partial charge in [-0.15, -0.1) is 0 Å². The fourth-order valence-corrected chi connectivity index (χ4v) is 4.34. The van der Waals surface area contributed by atoms with Crippen LogP contribution in [0.4, 0.5) is 0 Å². The Morgan fingerprint density at radius 1 is 1.19 bits per heavy atom. The molecule has 1 saturated carbocycles. The van der Waals surface area contributed by atoms with Crippen molar-refractivity contribution in [2.75, 3.05) is 6.61 Å². The molecule has 1 fully saturated rings.